The molecule has 1 aliphatic heterocycles. The predicted molar refractivity (Wildman–Crippen MR) is 51.3 cm³/mol. The molecule has 0 aromatic rings. The number of rotatable bonds is 3. The van der Waals surface area contributed by atoms with Gasteiger partial charge in [-0.3, -0.25) is 4.99 Å². The van der Waals surface area contributed by atoms with E-state index >= 15 is 0 Å². The molecule has 4 heteroatoms. The predicted octanol–water partition coefficient (Wildman–Crippen LogP) is 0.240. The summed E-state index contributed by atoms with van der Waals surface area (Å²) < 4.78 is 0. The average molecular weight is 173 g/mol. The second kappa shape index (κ2) is 4.62. The highest BCUT2D eigenvalue weighted by atomic mass is 32.2. The second-order valence-corrected chi connectivity index (χ2v) is 3.60. The van der Waals surface area contributed by atoms with Gasteiger partial charge in [0.2, 0.25) is 0 Å². The van der Waals surface area contributed by atoms with E-state index in [0.717, 1.165) is 25.4 Å². The number of thioether (sulfide) groups is 1. The van der Waals surface area contributed by atoms with Gasteiger partial charge in [0.1, 0.15) is 0 Å². The van der Waals surface area contributed by atoms with Crippen molar-refractivity contribution in [3.63, 3.8) is 0 Å². The first-order chi connectivity index (χ1) is 5.34. The number of amidine groups is 1. The van der Waals surface area contributed by atoms with Crippen molar-refractivity contribution >= 4 is 16.9 Å². The van der Waals surface area contributed by atoms with E-state index in [0.29, 0.717) is 0 Å². The maximum absolute atomic E-state index is 4.37. The molecule has 3 nitrogen and oxygen atoms in total. The zero-order valence-corrected chi connectivity index (χ0v) is 7.95. The molecule has 0 aliphatic carbocycles. The summed E-state index contributed by atoms with van der Waals surface area (Å²) in [6.45, 7) is 3.11. The van der Waals surface area contributed by atoms with Crippen molar-refractivity contribution in [1.29, 1.82) is 0 Å². The maximum Gasteiger partial charge on any atom is 0.159 e. The molecule has 0 unspecified atom stereocenters. The third kappa shape index (κ3) is 2.71. The Kier molecular flexibility index (Phi) is 3.72. The quantitative estimate of drug-likeness (QED) is 0.620. The zero-order chi connectivity index (χ0) is 8.10. The van der Waals surface area contributed by atoms with Crippen LogP contribution < -0.4 is 5.32 Å². The molecule has 1 rings (SSSR count). The number of nitrogens with zero attached hydrogens (tertiary/aromatic N) is 2. The van der Waals surface area contributed by atoms with Gasteiger partial charge in [-0.15, -0.1) is 0 Å². The minimum absolute atomic E-state index is 0.971. The first-order valence-electron chi connectivity index (χ1n) is 3.87. The van der Waals surface area contributed by atoms with Crippen LogP contribution in [-0.2, 0) is 0 Å². The average Bonchev–Trinajstić information content (AvgIpc) is 2.37. The Bertz CT molecular complexity index is 147. The van der Waals surface area contributed by atoms with Crippen LogP contribution in [0, 0.1) is 0 Å². The molecule has 1 heterocycles. The largest absolute Gasteiger partial charge is 0.353 e. The van der Waals surface area contributed by atoms with Crippen molar-refractivity contribution in [2.45, 2.75) is 0 Å². The molecule has 0 aromatic carbocycles. The molecule has 0 amide bonds. The third-order valence-electron chi connectivity index (χ3n) is 1.59. The maximum atomic E-state index is 4.37. The molecular weight excluding hydrogens is 158 g/mol. The van der Waals surface area contributed by atoms with Crippen LogP contribution in [0.1, 0.15) is 0 Å². The molecule has 0 saturated carbocycles. The number of likely N-dealkylation sites (N-methyl/N-ethyl adjacent to an activating group) is 1. The van der Waals surface area contributed by atoms with Crippen LogP contribution in [0.4, 0.5) is 0 Å². The van der Waals surface area contributed by atoms with Gasteiger partial charge in [0, 0.05) is 25.9 Å². The van der Waals surface area contributed by atoms with Gasteiger partial charge in [-0.1, -0.05) is 11.8 Å². The van der Waals surface area contributed by atoms with Crippen LogP contribution in [-0.4, -0.2) is 49.6 Å². The van der Waals surface area contributed by atoms with Crippen molar-refractivity contribution in [3.05, 3.63) is 0 Å². The first-order valence-corrected chi connectivity index (χ1v) is 4.86. The van der Waals surface area contributed by atoms with Gasteiger partial charge in [-0.2, -0.15) is 0 Å². The summed E-state index contributed by atoms with van der Waals surface area (Å²) >= 11 is 1.83. The number of nitrogens with one attached hydrogen (secondary N) is 1. The van der Waals surface area contributed by atoms with Crippen LogP contribution in [0.3, 0.4) is 0 Å². The molecule has 0 spiro atoms. The summed E-state index contributed by atoms with van der Waals surface area (Å²) in [5.74, 6) is 1.11. The molecule has 1 N–H and O–H groups in total. The van der Waals surface area contributed by atoms with Crippen molar-refractivity contribution in [3.8, 4) is 0 Å². The van der Waals surface area contributed by atoms with Gasteiger partial charge in [0.05, 0.1) is 6.54 Å². The highest BCUT2D eigenvalue weighted by Gasteiger charge is 2.11. The lowest BCUT2D eigenvalue weighted by molar-refractivity contribution is 0.564. The molecule has 0 fully saturated rings. The molecule has 0 bridgehead atoms. The van der Waals surface area contributed by atoms with Crippen molar-refractivity contribution in [1.82, 2.24) is 10.2 Å². The Labute approximate surface area is 72.3 Å². The van der Waals surface area contributed by atoms with Crippen molar-refractivity contribution < 1.29 is 0 Å². The Morgan fingerprint density at radius 2 is 2.55 bits per heavy atom. The van der Waals surface area contributed by atoms with E-state index in [9.17, 15) is 0 Å². The lowest BCUT2D eigenvalue weighted by atomic mass is 10.6. The summed E-state index contributed by atoms with van der Waals surface area (Å²) in [4.78, 5) is 6.57. The van der Waals surface area contributed by atoms with E-state index in [4.69, 9.17) is 0 Å². The smallest absolute Gasteiger partial charge is 0.159 e. The molecular formula is C7H15N3S. The summed E-state index contributed by atoms with van der Waals surface area (Å²) in [6.07, 6.45) is 0. The van der Waals surface area contributed by atoms with Gasteiger partial charge in [0.15, 0.2) is 5.17 Å². The van der Waals surface area contributed by atoms with Gasteiger partial charge in [-0.25, -0.2) is 0 Å². The van der Waals surface area contributed by atoms with Crippen LogP contribution in [0.15, 0.2) is 4.99 Å². The topological polar surface area (TPSA) is 27.6 Å². The van der Waals surface area contributed by atoms with E-state index < -0.39 is 0 Å². The van der Waals surface area contributed by atoms with Gasteiger partial charge < -0.3 is 10.2 Å². The van der Waals surface area contributed by atoms with E-state index in [2.05, 4.69) is 22.3 Å². The van der Waals surface area contributed by atoms with Gasteiger partial charge in [-0.05, 0) is 7.05 Å². The first kappa shape index (κ1) is 8.87. The Balaban J connectivity index is 2.15. The van der Waals surface area contributed by atoms with Crippen LogP contribution in [0.5, 0.6) is 0 Å². The zero-order valence-electron chi connectivity index (χ0n) is 7.13. The number of hydrogen-bond donors (Lipinski definition) is 1. The Morgan fingerprint density at radius 3 is 3.09 bits per heavy atom. The molecule has 11 heavy (non-hydrogen) atoms. The lowest BCUT2D eigenvalue weighted by Crippen LogP contribution is -2.21. The van der Waals surface area contributed by atoms with Crippen LogP contribution >= 0.6 is 11.8 Å². The standard InChI is InChI=1S/C7H15N3S/c1-8-4-6-11-7-9-3-5-10(7)2/h8H,3-6H2,1-2H3. The third-order valence-corrected chi connectivity index (χ3v) is 2.70. The molecule has 1 aliphatic rings. The van der Waals surface area contributed by atoms with Gasteiger partial charge in [0.25, 0.3) is 0 Å². The Hall–Kier alpha value is -0.220. The van der Waals surface area contributed by atoms with Gasteiger partial charge >= 0.3 is 0 Å². The van der Waals surface area contributed by atoms with Crippen molar-refractivity contribution in [2.75, 3.05) is 39.5 Å². The number of hydrogen-bond acceptors (Lipinski definition) is 4. The molecule has 64 valence electrons. The summed E-state index contributed by atoms with van der Waals surface area (Å²) in [5.41, 5.74) is 0. The fraction of sp³-hybridized carbons (Fsp3) is 0.857. The van der Waals surface area contributed by atoms with E-state index in [1.807, 2.05) is 18.8 Å². The fourth-order valence-electron chi connectivity index (χ4n) is 0.912. The highest BCUT2D eigenvalue weighted by Crippen LogP contribution is 2.10. The van der Waals surface area contributed by atoms with E-state index in [1.54, 1.807) is 0 Å². The number of aliphatic imine (C=N–C) groups is 1. The molecule has 0 saturated heterocycles. The second-order valence-electron chi connectivity index (χ2n) is 2.54. The summed E-state index contributed by atoms with van der Waals surface area (Å²) in [6, 6.07) is 0. The SMILES string of the molecule is CNCCSC1=NCCN1C. The van der Waals surface area contributed by atoms with Crippen LogP contribution in [0.25, 0.3) is 0 Å². The lowest BCUT2D eigenvalue weighted by Gasteiger charge is -2.11. The normalized spacial score (nSPS) is 17.3. The highest BCUT2D eigenvalue weighted by molar-refractivity contribution is 8.13. The summed E-state index contributed by atoms with van der Waals surface area (Å²) in [7, 11) is 4.07. The minimum atomic E-state index is 0.971. The fourth-order valence-corrected chi connectivity index (χ4v) is 1.90. The summed E-state index contributed by atoms with van der Waals surface area (Å²) in [5, 5.41) is 4.31. The van der Waals surface area contributed by atoms with E-state index in [1.165, 1.54) is 5.17 Å². The van der Waals surface area contributed by atoms with Crippen molar-refractivity contribution in [2.24, 2.45) is 4.99 Å². The molecule has 0 aromatic heterocycles. The monoisotopic (exact) mass is 173 g/mol. The molecule has 0 radical (unpaired) electrons. The molecule has 0 atom stereocenters. The van der Waals surface area contributed by atoms with E-state index in [-0.39, 0.29) is 0 Å². The van der Waals surface area contributed by atoms with Crippen LogP contribution in [0.2, 0.25) is 0 Å². The minimum Gasteiger partial charge on any atom is -0.353 e. The Morgan fingerprint density at radius 1 is 1.73 bits per heavy atom.